The van der Waals surface area contributed by atoms with E-state index in [4.69, 9.17) is 11.6 Å². The molecule has 0 radical (unpaired) electrons. The first-order chi connectivity index (χ1) is 16.8. The minimum Gasteiger partial charge on any atom is -0.385 e. The average Bonchev–Trinajstić information content (AvgIpc) is 2.87. The van der Waals surface area contributed by atoms with Crippen molar-refractivity contribution in [2.75, 3.05) is 27.2 Å². The molecule has 0 bridgehead atoms. The number of likely N-dealkylation sites (tertiary alicyclic amines) is 1. The summed E-state index contributed by atoms with van der Waals surface area (Å²) in [6.45, 7) is 0.812. The summed E-state index contributed by atoms with van der Waals surface area (Å²) in [5.41, 5.74) is 0.337. The van der Waals surface area contributed by atoms with Crippen molar-refractivity contribution in [3.63, 3.8) is 0 Å². The highest BCUT2D eigenvalue weighted by Gasteiger charge is 2.45. The van der Waals surface area contributed by atoms with E-state index in [-0.39, 0.29) is 18.2 Å². The molecule has 0 aromatic heterocycles. The van der Waals surface area contributed by atoms with E-state index in [1.807, 2.05) is 60.7 Å². The van der Waals surface area contributed by atoms with Gasteiger partial charge in [-0.3, -0.25) is 9.59 Å². The van der Waals surface area contributed by atoms with Gasteiger partial charge in [-0.1, -0.05) is 84.4 Å². The third-order valence-electron chi connectivity index (χ3n) is 7.03. The van der Waals surface area contributed by atoms with Crippen LogP contribution >= 0.6 is 11.6 Å². The van der Waals surface area contributed by atoms with Crippen molar-refractivity contribution in [1.82, 2.24) is 9.80 Å². The normalized spacial score (nSPS) is 18.4. The van der Waals surface area contributed by atoms with E-state index in [2.05, 4.69) is 0 Å². The quantitative estimate of drug-likeness (QED) is 0.526. The number of carbonyl (C=O) groups is 2. The summed E-state index contributed by atoms with van der Waals surface area (Å²) in [4.78, 5) is 30.4. The maximum absolute atomic E-state index is 13.8. The lowest BCUT2D eigenvalue weighted by Gasteiger charge is -2.41. The number of rotatable bonds is 7. The molecular weight excluding hydrogens is 460 g/mol. The molecule has 2 amide bonds. The molecule has 1 saturated heterocycles. The summed E-state index contributed by atoms with van der Waals surface area (Å²) < 4.78 is 0. The van der Waals surface area contributed by atoms with Crippen LogP contribution < -0.4 is 0 Å². The molecular formula is C29H31ClN2O3. The molecule has 0 spiro atoms. The maximum Gasteiger partial charge on any atom is 0.237 e. The van der Waals surface area contributed by atoms with Gasteiger partial charge in [-0.25, -0.2) is 0 Å². The Morgan fingerprint density at radius 2 is 1.51 bits per heavy atom. The van der Waals surface area contributed by atoms with Crippen LogP contribution in [0.4, 0.5) is 0 Å². The number of aliphatic hydroxyl groups is 1. The molecule has 5 nitrogen and oxygen atoms in total. The molecule has 1 unspecified atom stereocenters. The number of benzene rings is 3. The van der Waals surface area contributed by atoms with Crippen molar-refractivity contribution < 1.29 is 14.7 Å². The van der Waals surface area contributed by atoms with Crippen LogP contribution in [0.15, 0.2) is 84.9 Å². The highest BCUT2D eigenvalue weighted by atomic mass is 35.5. The highest BCUT2D eigenvalue weighted by molar-refractivity contribution is 6.30. The Morgan fingerprint density at radius 1 is 0.971 bits per heavy atom. The molecule has 1 N–H and O–H groups in total. The third kappa shape index (κ3) is 4.97. The first kappa shape index (κ1) is 25.0. The fraction of sp³-hybridized carbons (Fsp3) is 0.310. The minimum absolute atomic E-state index is 0.0000661. The monoisotopic (exact) mass is 490 g/mol. The summed E-state index contributed by atoms with van der Waals surface area (Å²) in [6.07, 6.45) is 0.856. The zero-order valence-electron chi connectivity index (χ0n) is 20.2. The van der Waals surface area contributed by atoms with Crippen LogP contribution in [-0.4, -0.2) is 53.9 Å². The molecule has 0 aliphatic carbocycles. The van der Waals surface area contributed by atoms with Crippen molar-refractivity contribution in [1.29, 1.82) is 0 Å². The number of halogens is 1. The van der Waals surface area contributed by atoms with E-state index in [1.54, 1.807) is 48.2 Å². The van der Waals surface area contributed by atoms with Gasteiger partial charge in [0.1, 0.15) is 11.0 Å². The fourth-order valence-corrected chi connectivity index (χ4v) is 5.20. The first-order valence-electron chi connectivity index (χ1n) is 11.9. The van der Waals surface area contributed by atoms with Gasteiger partial charge in [-0.15, -0.1) is 0 Å². The second kappa shape index (κ2) is 10.2. The Bertz CT molecular complexity index is 1130. The number of nitrogens with zero attached hydrogens (tertiary/aromatic N) is 2. The third-order valence-corrected chi connectivity index (χ3v) is 7.29. The predicted octanol–water partition coefficient (Wildman–Crippen LogP) is 4.61. The Morgan fingerprint density at radius 3 is 2.00 bits per heavy atom. The van der Waals surface area contributed by atoms with Crippen LogP contribution in [0.25, 0.3) is 0 Å². The van der Waals surface area contributed by atoms with Crippen LogP contribution in [0.2, 0.25) is 5.02 Å². The Balaban J connectivity index is 1.62. The van der Waals surface area contributed by atoms with Gasteiger partial charge in [0.05, 0.1) is 6.42 Å². The molecule has 1 aliphatic rings. The lowest BCUT2D eigenvalue weighted by molar-refractivity contribution is -0.145. The second-order valence-corrected chi connectivity index (χ2v) is 9.87. The van der Waals surface area contributed by atoms with Crippen molar-refractivity contribution >= 4 is 23.4 Å². The number of hydrogen-bond acceptors (Lipinski definition) is 3. The molecule has 1 fully saturated rings. The molecule has 0 saturated carbocycles. The number of carbonyl (C=O) groups excluding carboxylic acids is 2. The lowest BCUT2D eigenvalue weighted by Crippen LogP contribution is -2.50. The number of amides is 2. The van der Waals surface area contributed by atoms with Gasteiger partial charge in [-0.2, -0.15) is 0 Å². The van der Waals surface area contributed by atoms with Crippen molar-refractivity contribution in [2.24, 2.45) is 0 Å². The van der Waals surface area contributed by atoms with Crippen molar-refractivity contribution in [3.05, 3.63) is 107 Å². The Labute approximate surface area is 211 Å². The van der Waals surface area contributed by atoms with E-state index >= 15 is 0 Å². The summed E-state index contributed by atoms with van der Waals surface area (Å²) >= 11 is 5.99. The van der Waals surface area contributed by atoms with Gasteiger partial charge in [0.25, 0.3) is 0 Å². The predicted molar refractivity (Wildman–Crippen MR) is 138 cm³/mol. The average molecular weight is 491 g/mol. The standard InChI is InChI=1S/C29H31ClN2O3/c1-31(2)27(34)29(23-9-5-3-6-10-23,24-11-7-4-8-12-24)18-20-32-19-17-28(35,21-26(32)33)22-13-15-25(30)16-14-22/h3-16,35H,17-21H2,1-2H3. The molecule has 35 heavy (non-hydrogen) atoms. The number of hydrogen-bond donors (Lipinski definition) is 1. The van der Waals surface area contributed by atoms with Gasteiger partial charge >= 0.3 is 0 Å². The van der Waals surface area contributed by atoms with Crippen LogP contribution in [0.5, 0.6) is 0 Å². The van der Waals surface area contributed by atoms with E-state index in [0.29, 0.717) is 36.5 Å². The molecule has 182 valence electrons. The zero-order valence-corrected chi connectivity index (χ0v) is 20.9. The van der Waals surface area contributed by atoms with Crippen LogP contribution in [0.1, 0.15) is 36.0 Å². The smallest absolute Gasteiger partial charge is 0.237 e. The van der Waals surface area contributed by atoms with E-state index in [9.17, 15) is 14.7 Å². The van der Waals surface area contributed by atoms with Crippen LogP contribution in [0.3, 0.4) is 0 Å². The van der Waals surface area contributed by atoms with E-state index in [0.717, 1.165) is 11.1 Å². The van der Waals surface area contributed by atoms with E-state index in [1.165, 1.54) is 0 Å². The summed E-state index contributed by atoms with van der Waals surface area (Å²) in [6, 6.07) is 26.5. The molecule has 1 heterocycles. The van der Waals surface area contributed by atoms with Crippen LogP contribution in [0, 0.1) is 0 Å². The molecule has 3 aromatic carbocycles. The molecule has 4 rings (SSSR count). The molecule has 1 aliphatic heterocycles. The first-order valence-corrected chi connectivity index (χ1v) is 12.2. The SMILES string of the molecule is CN(C)C(=O)C(CCN1CCC(O)(c2ccc(Cl)cc2)CC1=O)(c1ccccc1)c1ccccc1. The minimum atomic E-state index is -1.21. The number of piperidine rings is 1. The van der Waals surface area contributed by atoms with Gasteiger partial charge in [0.2, 0.25) is 11.8 Å². The summed E-state index contributed by atoms with van der Waals surface area (Å²) in [5, 5.41) is 11.8. The molecule has 3 aromatic rings. The highest BCUT2D eigenvalue weighted by Crippen LogP contribution is 2.39. The summed E-state index contributed by atoms with van der Waals surface area (Å²) in [5.74, 6) is -0.155. The zero-order chi connectivity index (χ0) is 25.1. The number of likely N-dealkylation sites (N-methyl/N-ethyl adjacent to an activating group) is 1. The van der Waals surface area contributed by atoms with E-state index < -0.39 is 11.0 Å². The van der Waals surface area contributed by atoms with Gasteiger partial charge < -0.3 is 14.9 Å². The summed E-state index contributed by atoms with van der Waals surface area (Å²) in [7, 11) is 3.53. The molecule has 6 heteroatoms. The Kier molecular flexibility index (Phi) is 7.29. The van der Waals surface area contributed by atoms with Gasteiger partial charge in [-0.05, 0) is 41.7 Å². The lowest BCUT2D eigenvalue weighted by atomic mass is 9.70. The van der Waals surface area contributed by atoms with Gasteiger partial charge in [0.15, 0.2) is 0 Å². The van der Waals surface area contributed by atoms with Crippen molar-refractivity contribution in [3.8, 4) is 0 Å². The maximum atomic E-state index is 13.8. The molecule has 1 atom stereocenters. The topological polar surface area (TPSA) is 60.9 Å². The van der Waals surface area contributed by atoms with Crippen molar-refractivity contribution in [2.45, 2.75) is 30.3 Å². The fourth-order valence-electron chi connectivity index (χ4n) is 5.08. The van der Waals surface area contributed by atoms with Crippen LogP contribution in [-0.2, 0) is 20.6 Å². The second-order valence-electron chi connectivity index (χ2n) is 9.43. The van der Waals surface area contributed by atoms with Gasteiger partial charge in [0, 0.05) is 32.2 Å². The Hall–Kier alpha value is -3.15. The largest absolute Gasteiger partial charge is 0.385 e.